The molecule has 2 aromatic carbocycles. The first-order chi connectivity index (χ1) is 13.2. The number of aromatic nitrogens is 5. The van der Waals surface area contributed by atoms with Crippen molar-refractivity contribution in [1.29, 1.82) is 0 Å². The van der Waals surface area contributed by atoms with Gasteiger partial charge in [0.1, 0.15) is 5.52 Å². The summed E-state index contributed by atoms with van der Waals surface area (Å²) in [5.41, 5.74) is 8.70. The minimum Gasteiger partial charge on any atom is -0.347 e. The minimum atomic E-state index is 0.350. The summed E-state index contributed by atoms with van der Waals surface area (Å²) in [6.45, 7) is 2.08. The van der Waals surface area contributed by atoms with Crippen LogP contribution in [0.3, 0.4) is 0 Å². The molecule has 5 aromatic rings. The van der Waals surface area contributed by atoms with Gasteiger partial charge in [-0.05, 0) is 19.1 Å². The van der Waals surface area contributed by atoms with E-state index in [0.717, 1.165) is 33.1 Å². The van der Waals surface area contributed by atoms with Gasteiger partial charge in [0, 0.05) is 40.1 Å². The largest absolute Gasteiger partial charge is 0.347 e. The smallest absolute Gasteiger partial charge is 0.265 e. The zero-order valence-corrected chi connectivity index (χ0v) is 14.9. The van der Waals surface area contributed by atoms with Crippen LogP contribution in [0.25, 0.3) is 33.0 Å². The van der Waals surface area contributed by atoms with Crippen LogP contribution in [0.5, 0.6) is 0 Å². The molecule has 7 heteroatoms. The Kier molecular flexibility index (Phi) is 3.39. The van der Waals surface area contributed by atoms with E-state index in [1.54, 1.807) is 6.21 Å². The number of benzene rings is 2. The summed E-state index contributed by atoms with van der Waals surface area (Å²) in [5.74, 6) is 0.350. The number of anilines is 1. The molecule has 0 fully saturated rings. The normalized spacial score (nSPS) is 11.9. The molecule has 0 radical (unpaired) electrons. The molecule has 0 aliphatic heterocycles. The number of nitrogens with zero attached hydrogens (tertiary/aromatic N) is 5. The molecule has 0 atom stereocenters. The van der Waals surface area contributed by atoms with Gasteiger partial charge in [-0.1, -0.05) is 36.4 Å². The van der Waals surface area contributed by atoms with Crippen LogP contribution in [-0.4, -0.2) is 30.9 Å². The Balaban J connectivity index is 1.48. The number of para-hydroxylation sites is 2. The Hall–Kier alpha value is -3.74. The summed E-state index contributed by atoms with van der Waals surface area (Å²) in [5, 5.41) is 14.9. The number of H-pyrrole nitrogens is 1. The van der Waals surface area contributed by atoms with E-state index in [1.807, 2.05) is 36.4 Å². The van der Waals surface area contributed by atoms with Crippen molar-refractivity contribution in [3.8, 4) is 0 Å². The third-order valence-corrected chi connectivity index (χ3v) is 4.93. The van der Waals surface area contributed by atoms with Gasteiger partial charge in [-0.3, -0.25) is 0 Å². The van der Waals surface area contributed by atoms with E-state index in [9.17, 15) is 0 Å². The first-order valence-corrected chi connectivity index (χ1v) is 8.66. The standard InChI is InChI=1S/C20H17N7/c1-12-15(13-7-4-6-10-17(13)27(12)2)11-21-25-20-23-19-18(24-26-20)14-8-3-5-9-16(14)22-19/h3-11H,1-2H3,(H2,22,23,25,26)/b21-11-. The molecular weight excluding hydrogens is 338 g/mol. The van der Waals surface area contributed by atoms with Gasteiger partial charge < -0.3 is 9.55 Å². The van der Waals surface area contributed by atoms with Gasteiger partial charge in [0.2, 0.25) is 0 Å². The molecule has 0 bridgehead atoms. The Morgan fingerprint density at radius 2 is 1.81 bits per heavy atom. The maximum absolute atomic E-state index is 4.47. The highest BCUT2D eigenvalue weighted by molar-refractivity contribution is 6.03. The summed E-state index contributed by atoms with van der Waals surface area (Å²) >= 11 is 0. The van der Waals surface area contributed by atoms with E-state index in [4.69, 9.17) is 0 Å². The van der Waals surface area contributed by atoms with Crippen molar-refractivity contribution in [2.75, 3.05) is 5.43 Å². The summed E-state index contributed by atoms with van der Waals surface area (Å²) in [6, 6.07) is 16.2. The van der Waals surface area contributed by atoms with Crippen LogP contribution < -0.4 is 5.43 Å². The Morgan fingerprint density at radius 3 is 2.70 bits per heavy atom. The SMILES string of the molecule is Cc1c(/C=N\Nc2nnc3c(n2)[nH]c2ccccc23)c2ccccc2n1C. The molecule has 0 saturated carbocycles. The molecule has 0 unspecified atom stereocenters. The van der Waals surface area contributed by atoms with E-state index >= 15 is 0 Å². The van der Waals surface area contributed by atoms with Crippen LogP contribution in [0.4, 0.5) is 5.95 Å². The highest BCUT2D eigenvalue weighted by atomic mass is 15.4. The number of rotatable bonds is 3. The topological polar surface area (TPSA) is 83.8 Å². The van der Waals surface area contributed by atoms with Crippen LogP contribution in [0, 0.1) is 6.92 Å². The van der Waals surface area contributed by atoms with Gasteiger partial charge in [0.25, 0.3) is 5.95 Å². The van der Waals surface area contributed by atoms with Crippen LogP contribution in [0.2, 0.25) is 0 Å². The highest BCUT2D eigenvalue weighted by Gasteiger charge is 2.10. The fourth-order valence-electron chi connectivity index (χ4n) is 3.44. The lowest BCUT2D eigenvalue weighted by molar-refractivity contribution is 0.916. The van der Waals surface area contributed by atoms with Crippen LogP contribution in [-0.2, 0) is 7.05 Å². The molecular formula is C20H17N7. The number of fused-ring (bicyclic) bond motifs is 4. The van der Waals surface area contributed by atoms with Crippen molar-refractivity contribution in [2.24, 2.45) is 12.1 Å². The van der Waals surface area contributed by atoms with E-state index in [-0.39, 0.29) is 0 Å². The molecule has 27 heavy (non-hydrogen) atoms. The summed E-state index contributed by atoms with van der Waals surface area (Å²) in [7, 11) is 2.05. The third-order valence-electron chi connectivity index (χ3n) is 4.93. The average Bonchev–Trinajstić information content (AvgIpc) is 3.18. The monoisotopic (exact) mass is 355 g/mol. The van der Waals surface area contributed by atoms with Gasteiger partial charge in [0.15, 0.2) is 5.65 Å². The first kappa shape index (κ1) is 15.5. The Bertz CT molecular complexity index is 1330. The molecule has 7 nitrogen and oxygen atoms in total. The first-order valence-electron chi connectivity index (χ1n) is 8.66. The Labute approximate surface area is 154 Å². The number of hydrogen-bond acceptors (Lipinski definition) is 5. The van der Waals surface area contributed by atoms with Crippen molar-refractivity contribution in [2.45, 2.75) is 6.92 Å². The van der Waals surface area contributed by atoms with E-state index < -0.39 is 0 Å². The van der Waals surface area contributed by atoms with Crippen LogP contribution in [0.1, 0.15) is 11.3 Å². The van der Waals surface area contributed by atoms with Crippen LogP contribution in [0.15, 0.2) is 53.6 Å². The molecule has 0 aliphatic carbocycles. The van der Waals surface area contributed by atoms with E-state index in [1.165, 1.54) is 5.52 Å². The fourth-order valence-corrected chi connectivity index (χ4v) is 3.44. The lowest BCUT2D eigenvalue weighted by atomic mass is 10.1. The second-order valence-corrected chi connectivity index (χ2v) is 6.45. The van der Waals surface area contributed by atoms with E-state index in [0.29, 0.717) is 11.6 Å². The number of aryl methyl sites for hydroxylation is 1. The van der Waals surface area contributed by atoms with Gasteiger partial charge in [0.05, 0.1) is 6.21 Å². The lowest BCUT2D eigenvalue weighted by Gasteiger charge is -1.98. The second-order valence-electron chi connectivity index (χ2n) is 6.45. The fraction of sp³-hybridized carbons (Fsp3) is 0.100. The molecule has 0 spiro atoms. The molecule has 3 aromatic heterocycles. The summed E-state index contributed by atoms with van der Waals surface area (Å²) < 4.78 is 2.16. The predicted molar refractivity (Wildman–Crippen MR) is 108 cm³/mol. The van der Waals surface area contributed by atoms with Gasteiger partial charge in [-0.25, -0.2) is 5.43 Å². The second kappa shape index (κ2) is 5.91. The van der Waals surface area contributed by atoms with Crippen molar-refractivity contribution in [3.05, 3.63) is 59.8 Å². The quantitative estimate of drug-likeness (QED) is 0.381. The van der Waals surface area contributed by atoms with E-state index in [2.05, 4.69) is 61.4 Å². The third kappa shape index (κ3) is 2.43. The molecule has 2 N–H and O–H groups in total. The number of hydrogen-bond donors (Lipinski definition) is 2. The average molecular weight is 355 g/mol. The zero-order chi connectivity index (χ0) is 18.4. The summed E-state index contributed by atoms with van der Waals surface area (Å²) in [6.07, 6.45) is 1.80. The molecule has 0 amide bonds. The molecule has 3 heterocycles. The maximum atomic E-state index is 4.47. The highest BCUT2D eigenvalue weighted by Crippen LogP contribution is 2.24. The molecule has 132 valence electrons. The predicted octanol–water partition coefficient (Wildman–Crippen LogP) is 3.75. The number of nitrogens with one attached hydrogen (secondary N) is 2. The van der Waals surface area contributed by atoms with Gasteiger partial charge >= 0.3 is 0 Å². The van der Waals surface area contributed by atoms with Crippen molar-refractivity contribution in [3.63, 3.8) is 0 Å². The molecule has 0 aliphatic rings. The van der Waals surface area contributed by atoms with Crippen molar-refractivity contribution >= 4 is 45.1 Å². The van der Waals surface area contributed by atoms with Crippen LogP contribution >= 0.6 is 0 Å². The zero-order valence-electron chi connectivity index (χ0n) is 14.9. The Morgan fingerprint density at radius 1 is 1.04 bits per heavy atom. The van der Waals surface area contributed by atoms with Gasteiger partial charge in [-0.2, -0.15) is 10.1 Å². The minimum absolute atomic E-state index is 0.350. The number of aromatic amines is 1. The summed E-state index contributed by atoms with van der Waals surface area (Å²) in [4.78, 5) is 7.73. The van der Waals surface area contributed by atoms with Crippen molar-refractivity contribution < 1.29 is 0 Å². The lowest BCUT2D eigenvalue weighted by Crippen LogP contribution is -1.99. The molecule has 0 saturated heterocycles. The number of hydrazone groups is 1. The van der Waals surface area contributed by atoms with Gasteiger partial charge in [-0.15, -0.1) is 10.2 Å². The maximum Gasteiger partial charge on any atom is 0.265 e. The molecule has 5 rings (SSSR count). The van der Waals surface area contributed by atoms with Crippen molar-refractivity contribution in [1.82, 2.24) is 24.7 Å².